The minimum Gasteiger partial charge on any atom is -0.611 e. The second-order valence-corrected chi connectivity index (χ2v) is 8.76. The Morgan fingerprint density at radius 3 is 2.27 bits per heavy atom. The number of methoxy groups -OCH3 is 2. The average Bonchev–Trinajstić information content (AvgIpc) is 3.06. The largest absolute Gasteiger partial charge is 0.611 e. The van der Waals surface area contributed by atoms with Gasteiger partial charge in [0.05, 0.1) is 36.2 Å². The predicted octanol–water partition coefficient (Wildman–Crippen LogP) is 2.84. The highest BCUT2D eigenvalue weighted by Gasteiger charge is 2.26. The van der Waals surface area contributed by atoms with Crippen molar-refractivity contribution in [3.05, 3.63) is 55.6 Å². The lowest BCUT2D eigenvalue weighted by atomic mass is 10.2. The topological polar surface area (TPSA) is 80.6 Å². The van der Waals surface area contributed by atoms with Crippen LogP contribution in [-0.4, -0.2) is 36.9 Å². The van der Waals surface area contributed by atoms with Gasteiger partial charge in [0.1, 0.15) is 17.3 Å². The smallest absolute Gasteiger partial charge is 0.268 e. The second-order valence-electron chi connectivity index (χ2n) is 5.40. The van der Waals surface area contributed by atoms with Crippen molar-refractivity contribution in [2.45, 2.75) is 9.79 Å². The molecule has 0 saturated heterocycles. The van der Waals surface area contributed by atoms with Gasteiger partial charge in [0.2, 0.25) is 0 Å². The van der Waals surface area contributed by atoms with Crippen molar-refractivity contribution < 1.29 is 22.4 Å². The molecule has 0 amide bonds. The molecule has 0 aliphatic heterocycles. The summed E-state index contributed by atoms with van der Waals surface area (Å²) in [5.74, 6) is 1.25. The highest BCUT2D eigenvalue weighted by atomic mass is 32.2. The van der Waals surface area contributed by atoms with Gasteiger partial charge in [-0.3, -0.25) is 0 Å². The van der Waals surface area contributed by atoms with Crippen molar-refractivity contribution in [3.63, 3.8) is 0 Å². The summed E-state index contributed by atoms with van der Waals surface area (Å²) in [6, 6.07) is 11.1. The molecule has 26 heavy (non-hydrogen) atoms. The van der Waals surface area contributed by atoms with Gasteiger partial charge < -0.3 is 14.0 Å². The molecular formula is C18H18NO5S2. The zero-order valence-corrected chi connectivity index (χ0v) is 16.0. The van der Waals surface area contributed by atoms with Crippen LogP contribution in [0, 0.1) is 6.92 Å². The third-order valence-electron chi connectivity index (χ3n) is 3.99. The van der Waals surface area contributed by atoms with Crippen LogP contribution in [0.3, 0.4) is 0 Å². The number of ether oxygens (including phenoxy) is 2. The summed E-state index contributed by atoms with van der Waals surface area (Å²) >= 11 is -1.42. The van der Waals surface area contributed by atoms with E-state index in [1.165, 1.54) is 32.5 Å². The molecule has 0 aliphatic rings. The zero-order valence-electron chi connectivity index (χ0n) is 14.3. The minimum absolute atomic E-state index is 0.109. The van der Waals surface area contributed by atoms with Gasteiger partial charge >= 0.3 is 0 Å². The van der Waals surface area contributed by atoms with Gasteiger partial charge in [-0.15, -0.1) is 0 Å². The van der Waals surface area contributed by atoms with Crippen molar-refractivity contribution in [2.24, 2.45) is 0 Å². The Balaban J connectivity index is 2.23. The molecule has 3 rings (SSSR count). The first-order valence-electron chi connectivity index (χ1n) is 7.68. The number of rotatable bonds is 6. The van der Waals surface area contributed by atoms with E-state index in [2.05, 4.69) is 6.92 Å². The van der Waals surface area contributed by atoms with Crippen molar-refractivity contribution >= 4 is 32.1 Å². The maximum Gasteiger partial charge on any atom is 0.268 e. The molecule has 2 aromatic carbocycles. The van der Waals surface area contributed by atoms with Gasteiger partial charge in [-0.2, -0.15) is 0 Å². The van der Waals surface area contributed by atoms with Gasteiger partial charge in [0, 0.05) is 0 Å². The van der Waals surface area contributed by atoms with Gasteiger partial charge in [-0.05, 0) is 60.6 Å². The summed E-state index contributed by atoms with van der Waals surface area (Å²) in [5, 5.41) is 0.559. The molecule has 0 fully saturated rings. The SMILES string of the molecule is [CH2]C[S+]([O-])c1cn(S(=O)(=O)c2ccc(OC)cc2)c2ccc(OC)cc12. The van der Waals surface area contributed by atoms with E-state index in [-0.39, 0.29) is 10.6 Å². The summed E-state index contributed by atoms with van der Waals surface area (Å²) in [6.45, 7) is 3.66. The molecule has 1 atom stereocenters. The van der Waals surface area contributed by atoms with Crippen LogP contribution in [0.2, 0.25) is 0 Å². The van der Waals surface area contributed by atoms with Crippen LogP contribution in [0.4, 0.5) is 0 Å². The fraction of sp³-hybridized carbons (Fsp3) is 0.167. The highest BCUT2D eigenvalue weighted by Crippen LogP contribution is 2.32. The summed E-state index contributed by atoms with van der Waals surface area (Å²) in [7, 11) is -0.837. The summed E-state index contributed by atoms with van der Waals surface area (Å²) in [5.41, 5.74) is 0.429. The van der Waals surface area contributed by atoms with E-state index in [0.29, 0.717) is 27.3 Å². The number of hydrogen-bond donors (Lipinski definition) is 0. The summed E-state index contributed by atoms with van der Waals surface area (Å²) in [4.78, 5) is 0.518. The maximum absolute atomic E-state index is 13.1. The van der Waals surface area contributed by atoms with E-state index in [1.807, 2.05) is 0 Å². The monoisotopic (exact) mass is 392 g/mol. The first kappa shape index (κ1) is 18.6. The quantitative estimate of drug-likeness (QED) is 0.603. The fourth-order valence-corrected chi connectivity index (χ4v) is 4.92. The number of nitrogens with zero attached hydrogens (tertiary/aromatic N) is 1. The molecule has 0 spiro atoms. The fourth-order valence-electron chi connectivity index (χ4n) is 2.63. The van der Waals surface area contributed by atoms with Crippen molar-refractivity contribution in [1.82, 2.24) is 3.97 Å². The number of fused-ring (bicyclic) bond motifs is 1. The molecule has 0 saturated carbocycles. The summed E-state index contributed by atoms with van der Waals surface area (Å²) < 4.78 is 50.0. The van der Waals surface area contributed by atoms with Gasteiger partial charge in [0.25, 0.3) is 10.0 Å². The van der Waals surface area contributed by atoms with E-state index in [9.17, 15) is 13.0 Å². The van der Waals surface area contributed by atoms with Gasteiger partial charge in [-0.1, -0.05) is 0 Å². The molecule has 8 heteroatoms. The van der Waals surface area contributed by atoms with Crippen LogP contribution in [0.15, 0.2) is 58.5 Å². The second kappa shape index (κ2) is 7.22. The van der Waals surface area contributed by atoms with Crippen LogP contribution in [0.25, 0.3) is 10.9 Å². The molecule has 1 unspecified atom stereocenters. The Labute approximate surface area is 155 Å². The van der Waals surface area contributed by atoms with Crippen LogP contribution in [-0.2, 0) is 21.2 Å². The van der Waals surface area contributed by atoms with Gasteiger partial charge in [-0.25, -0.2) is 12.4 Å². The van der Waals surface area contributed by atoms with E-state index in [1.54, 1.807) is 30.3 Å². The first-order valence-corrected chi connectivity index (χ1v) is 10.4. The van der Waals surface area contributed by atoms with Crippen LogP contribution in [0.5, 0.6) is 11.5 Å². The lowest BCUT2D eigenvalue weighted by Crippen LogP contribution is -2.12. The van der Waals surface area contributed by atoms with Crippen LogP contribution in [0.1, 0.15) is 0 Å². The van der Waals surface area contributed by atoms with E-state index >= 15 is 0 Å². The standard InChI is InChI=1S/C18H18NO5S2/c1-4-25(20)18-12-19(17-10-7-14(24-3)11-16(17)18)26(21,22)15-8-5-13(23-2)6-9-15/h5-12H,1,4H2,2-3H3. The highest BCUT2D eigenvalue weighted by molar-refractivity contribution is 7.92. The predicted molar refractivity (Wildman–Crippen MR) is 101 cm³/mol. The average molecular weight is 392 g/mol. The minimum atomic E-state index is -3.87. The zero-order chi connectivity index (χ0) is 18.9. The molecule has 0 N–H and O–H groups in total. The summed E-state index contributed by atoms with van der Waals surface area (Å²) in [6.07, 6.45) is 1.39. The molecule has 137 valence electrons. The molecule has 1 heterocycles. The van der Waals surface area contributed by atoms with Crippen molar-refractivity contribution in [2.75, 3.05) is 20.0 Å². The third kappa shape index (κ3) is 3.15. The molecule has 3 aromatic rings. The normalized spacial score (nSPS) is 12.9. The van der Waals surface area contributed by atoms with Crippen molar-refractivity contribution in [1.29, 1.82) is 0 Å². The van der Waals surface area contributed by atoms with Crippen LogP contribution < -0.4 is 9.47 Å². The number of aromatic nitrogens is 1. The molecule has 1 radical (unpaired) electrons. The first-order chi connectivity index (χ1) is 12.4. The Morgan fingerprint density at radius 2 is 1.69 bits per heavy atom. The Kier molecular flexibility index (Phi) is 5.17. The van der Waals surface area contributed by atoms with Gasteiger partial charge in [0.15, 0.2) is 4.90 Å². The van der Waals surface area contributed by atoms with Crippen molar-refractivity contribution in [3.8, 4) is 11.5 Å². The molecule has 6 nitrogen and oxygen atoms in total. The van der Waals surface area contributed by atoms with E-state index in [4.69, 9.17) is 9.47 Å². The number of benzene rings is 2. The Hall–Kier alpha value is -2.16. The lowest BCUT2D eigenvalue weighted by Gasteiger charge is -2.08. The third-order valence-corrected chi connectivity index (χ3v) is 6.86. The van der Waals surface area contributed by atoms with E-state index in [0.717, 1.165) is 3.97 Å². The lowest BCUT2D eigenvalue weighted by molar-refractivity contribution is 0.414. The molecule has 0 aliphatic carbocycles. The Bertz CT molecular complexity index is 1030. The van der Waals surface area contributed by atoms with E-state index < -0.39 is 21.2 Å². The maximum atomic E-state index is 13.1. The molecular weight excluding hydrogens is 374 g/mol. The number of hydrogen-bond acceptors (Lipinski definition) is 5. The molecule has 0 bridgehead atoms. The Morgan fingerprint density at radius 1 is 1.08 bits per heavy atom. The van der Waals surface area contributed by atoms with Crippen LogP contribution >= 0.6 is 0 Å². The molecule has 1 aromatic heterocycles.